The van der Waals surface area contributed by atoms with Crippen molar-refractivity contribution in [2.45, 2.75) is 52.5 Å². The zero-order valence-corrected chi connectivity index (χ0v) is 11.7. The van der Waals surface area contributed by atoms with Crippen LogP contribution in [0.25, 0.3) is 10.9 Å². The van der Waals surface area contributed by atoms with Crippen molar-refractivity contribution in [1.82, 2.24) is 9.78 Å². The summed E-state index contributed by atoms with van der Waals surface area (Å²) >= 11 is 0. The fourth-order valence-electron chi connectivity index (χ4n) is 2.19. The van der Waals surface area contributed by atoms with E-state index in [1.54, 1.807) is 0 Å². The van der Waals surface area contributed by atoms with Crippen molar-refractivity contribution in [2.75, 3.05) is 0 Å². The minimum absolute atomic E-state index is 0.0170. The third kappa shape index (κ3) is 2.08. The van der Waals surface area contributed by atoms with Crippen LogP contribution in [-0.4, -0.2) is 9.78 Å². The molecule has 92 valence electrons. The van der Waals surface area contributed by atoms with Gasteiger partial charge >= 0.3 is 0 Å². The molecule has 0 aliphatic heterocycles. The lowest BCUT2D eigenvalue weighted by molar-refractivity contribution is 0.366. The summed E-state index contributed by atoms with van der Waals surface area (Å²) in [4.78, 5) is 0. The molecule has 0 atom stereocenters. The van der Waals surface area contributed by atoms with E-state index >= 15 is 0 Å². The van der Waals surface area contributed by atoms with E-state index in [4.69, 9.17) is 0 Å². The largest absolute Gasteiger partial charge is 0.259 e. The van der Waals surface area contributed by atoms with Crippen LogP contribution in [0.3, 0.4) is 0 Å². The normalized spacial score (nSPS) is 13.3. The van der Waals surface area contributed by atoms with E-state index in [0.29, 0.717) is 0 Å². The maximum atomic E-state index is 4.56. The van der Waals surface area contributed by atoms with E-state index < -0.39 is 0 Å². The van der Waals surface area contributed by atoms with Gasteiger partial charge in [-0.25, -0.2) is 0 Å². The summed E-state index contributed by atoms with van der Waals surface area (Å²) in [6.45, 7) is 13.3. The second-order valence-corrected chi connectivity index (χ2v) is 6.72. The Hall–Kier alpha value is -1.31. The van der Waals surface area contributed by atoms with E-state index in [-0.39, 0.29) is 11.0 Å². The second-order valence-electron chi connectivity index (χ2n) is 6.72. The van der Waals surface area contributed by atoms with E-state index in [2.05, 4.69) is 69.5 Å². The van der Waals surface area contributed by atoms with Crippen LogP contribution in [0.5, 0.6) is 0 Å². The zero-order chi connectivity index (χ0) is 12.8. The molecule has 0 radical (unpaired) electrons. The lowest BCUT2D eigenvalue weighted by Gasteiger charge is -2.26. The minimum Gasteiger partial charge on any atom is -0.259 e. The van der Waals surface area contributed by atoms with Crippen LogP contribution in [-0.2, 0) is 11.0 Å². The molecule has 0 saturated carbocycles. The first-order chi connectivity index (χ1) is 7.71. The number of rotatable bonds is 0. The fraction of sp³-hybridized carbons (Fsp3) is 0.533. The monoisotopic (exact) mass is 230 g/mol. The number of fused-ring (bicyclic) bond motifs is 1. The van der Waals surface area contributed by atoms with Crippen LogP contribution < -0.4 is 0 Å². The molecule has 0 fully saturated rings. The molecule has 2 nitrogen and oxygen atoms in total. The van der Waals surface area contributed by atoms with Crippen molar-refractivity contribution in [1.29, 1.82) is 0 Å². The Balaban J connectivity index is 2.82. The molecule has 0 bridgehead atoms. The highest BCUT2D eigenvalue weighted by Crippen LogP contribution is 2.32. The molecule has 0 N–H and O–H groups in total. The SMILES string of the molecule is CC(C)(C)c1cccc2cnn(C(C)(C)C)c12. The number of aromatic nitrogens is 2. The summed E-state index contributed by atoms with van der Waals surface area (Å²) in [6.07, 6.45) is 1.97. The first-order valence-electron chi connectivity index (χ1n) is 6.19. The highest BCUT2D eigenvalue weighted by molar-refractivity contribution is 5.83. The first kappa shape index (κ1) is 12.2. The molecule has 0 aliphatic carbocycles. The van der Waals surface area contributed by atoms with E-state index in [0.717, 1.165) is 0 Å². The van der Waals surface area contributed by atoms with Gasteiger partial charge in [-0.05, 0) is 31.7 Å². The summed E-state index contributed by atoms with van der Waals surface area (Å²) < 4.78 is 2.14. The van der Waals surface area contributed by atoms with Crippen LogP contribution in [0.2, 0.25) is 0 Å². The quantitative estimate of drug-likeness (QED) is 0.666. The van der Waals surface area contributed by atoms with Gasteiger partial charge < -0.3 is 0 Å². The Bertz CT molecular complexity index is 536. The van der Waals surface area contributed by atoms with Gasteiger partial charge in [0, 0.05) is 5.39 Å². The average Bonchev–Trinajstić information content (AvgIpc) is 2.57. The van der Waals surface area contributed by atoms with Crippen LogP contribution in [0.4, 0.5) is 0 Å². The minimum atomic E-state index is 0.0170. The Kier molecular flexibility index (Phi) is 2.57. The third-order valence-corrected chi connectivity index (χ3v) is 3.03. The van der Waals surface area contributed by atoms with Gasteiger partial charge in [-0.2, -0.15) is 5.10 Å². The van der Waals surface area contributed by atoms with Crippen molar-refractivity contribution in [2.24, 2.45) is 0 Å². The van der Waals surface area contributed by atoms with Crippen LogP contribution in [0.1, 0.15) is 47.1 Å². The summed E-state index contributed by atoms with van der Waals surface area (Å²) in [5.41, 5.74) is 2.79. The Labute approximate surface area is 104 Å². The second kappa shape index (κ2) is 3.59. The molecule has 2 heteroatoms. The molecular formula is C15H22N2. The molecule has 1 aromatic carbocycles. The highest BCUT2D eigenvalue weighted by Gasteiger charge is 2.23. The molecule has 2 aromatic rings. The molecule has 2 rings (SSSR count). The van der Waals surface area contributed by atoms with Crippen molar-refractivity contribution < 1.29 is 0 Å². The smallest absolute Gasteiger partial charge is 0.0725 e. The zero-order valence-electron chi connectivity index (χ0n) is 11.7. The maximum Gasteiger partial charge on any atom is 0.0725 e. The summed E-state index contributed by atoms with van der Waals surface area (Å²) in [5, 5.41) is 5.79. The van der Waals surface area contributed by atoms with Gasteiger partial charge in [-0.15, -0.1) is 0 Å². The van der Waals surface area contributed by atoms with Crippen LogP contribution in [0.15, 0.2) is 24.4 Å². The van der Waals surface area contributed by atoms with Crippen molar-refractivity contribution in [3.8, 4) is 0 Å². The van der Waals surface area contributed by atoms with Crippen molar-refractivity contribution in [3.63, 3.8) is 0 Å². The fourth-order valence-corrected chi connectivity index (χ4v) is 2.19. The van der Waals surface area contributed by atoms with E-state index in [1.165, 1.54) is 16.5 Å². The summed E-state index contributed by atoms with van der Waals surface area (Å²) in [6, 6.07) is 6.48. The topological polar surface area (TPSA) is 17.8 Å². The van der Waals surface area contributed by atoms with Gasteiger partial charge in [0.25, 0.3) is 0 Å². The third-order valence-electron chi connectivity index (χ3n) is 3.03. The number of hydrogen-bond donors (Lipinski definition) is 0. The predicted molar refractivity (Wildman–Crippen MR) is 73.4 cm³/mol. The summed E-state index contributed by atoms with van der Waals surface area (Å²) in [5.74, 6) is 0. The Morgan fingerprint density at radius 3 is 2.18 bits per heavy atom. The number of hydrogen-bond acceptors (Lipinski definition) is 1. The van der Waals surface area contributed by atoms with Gasteiger partial charge in [0.2, 0.25) is 0 Å². The van der Waals surface area contributed by atoms with Crippen molar-refractivity contribution >= 4 is 10.9 Å². The van der Waals surface area contributed by atoms with Crippen LogP contribution >= 0.6 is 0 Å². The number of benzene rings is 1. The van der Waals surface area contributed by atoms with Gasteiger partial charge in [0.05, 0.1) is 17.3 Å². The van der Waals surface area contributed by atoms with Gasteiger partial charge in [0.15, 0.2) is 0 Å². The predicted octanol–water partition coefficient (Wildman–Crippen LogP) is 4.09. The lowest BCUT2D eigenvalue weighted by Crippen LogP contribution is -2.25. The molecular weight excluding hydrogens is 208 g/mol. The maximum absolute atomic E-state index is 4.56. The standard InChI is InChI=1S/C15H22N2/c1-14(2,3)12-9-7-8-11-10-16-17(13(11)12)15(4,5)6/h7-10H,1-6H3. The molecule has 0 unspecified atom stereocenters. The van der Waals surface area contributed by atoms with E-state index in [9.17, 15) is 0 Å². The number of nitrogens with zero attached hydrogens (tertiary/aromatic N) is 2. The van der Waals surface area contributed by atoms with Gasteiger partial charge in [-0.3, -0.25) is 4.68 Å². The Morgan fingerprint density at radius 2 is 1.65 bits per heavy atom. The molecule has 0 saturated heterocycles. The molecule has 0 spiro atoms. The number of para-hydroxylation sites is 1. The summed E-state index contributed by atoms with van der Waals surface area (Å²) in [7, 11) is 0. The molecule has 0 amide bonds. The van der Waals surface area contributed by atoms with Crippen molar-refractivity contribution in [3.05, 3.63) is 30.0 Å². The van der Waals surface area contributed by atoms with E-state index in [1.807, 2.05) is 6.20 Å². The lowest BCUT2D eigenvalue weighted by atomic mass is 9.85. The molecule has 0 aliphatic rings. The van der Waals surface area contributed by atoms with Gasteiger partial charge in [-0.1, -0.05) is 39.0 Å². The highest BCUT2D eigenvalue weighted by atomic mass is 15.3. The Morgan fingerprint density at radius 1 is 1.00 bits per heavy atom. The molecule has 17 heavy (non-hydrogen) atoms. The molecule has 1 aromatic heterocycles. The average molecular weight is 230 g/mol. The molecule has 1 heterocycles. The van der Waals surface area contributed by atoms with Crippen LogP contribution in [0, 0.1) is 0 Å². The first-order valence-corrected chi connectivity index (χ1v) is 6.19. The van der Waals surface area contributed by atoms with Gasteiger partial charge in [0.1, 0.15) is 0 Å².